The van der Waals surface area contributed by atoms with Gasteiger partial charge in [-0.3, -0.25) is 5.41 Å². The van der Waals surface area contributed by atoms with Crippen LogP contribution in [0.2, 0.25) is 0 Å². The fourth-order valence-electron chi connectivity index (χ4n) is 1.55. The summed E-state index contributed by atoms with van der Waals surface area (Å²) in [5.74, 6) is 0.776. The number of amidine groups is 1. The second-order valence-electron chi connectivity index (χ2n) is 3.71. The van der Waals surface area contributed by atoms with Crippen LogP contribution in [0.25, 0.3) is 0 Å². The lowest BCUT2D eigenvalue weighted by Gasteiger charge is -2.06. The highest BCUT2D eigenvalue weighted by Crippen LogP contribution is 2.11. The van der Waals surface area contributed by atoms with E-state index in [0.717, 1.165) is 12.1 Å². The van der Waals surface area contributed by atoms with Gasteiger partial charge in [-0.1, -0.05) is 12.1 Å². The molecule has 0 saturated heterocycles. The number of nitrogens with one attached hydrogen (secondary N) is 2. The van der Waals surface area contributed by atoms with E-state index >= 15 is 0 Å². The predicted molar refractivity (Wildman–Crippen MR) is 68.4 cm³/mol. The molecule has 0 atom stereocenters. The highest BCUT2D eigenvalue weighted by atomic mass is 16.3. The number of furan rings is 1. The van der Waals surface area contributed by atoms with Crippen LogP contribution >= 0.6 is 0 Å². The Morgan fingerprint density at radius 2 is 2.00 bits per heavy atom. The fraction of sp³-hybridized carbons (Fsp3) is 0.154. The van der Waals surface area contributed by atoms with Gasteiger partial charge in [0.2, 0.25) is 0 Å². The number of benzene rings is 1. The van der Waals surface area contributed by atoms with Gasteiger partial charge in [0.1, 0.15) is 0 Å². The van der Waals surface area contributed by atoms with E-state index in [1.807, 2.05) is 24.3 Å². The van der Waals surface area contributed by atoms with Crippen molar-refractivity contribution >= 4 is 11.5 Å². The molecule has 17 heavy (non-hydrogen) atoms. The summed E-state index contributed by atoms with van der Waals surface area (Å²) < 4.78 is 5.13. The van der Waals surface area contributed by atoms with Crippen molar-refractivity contribution in [1.82, 2.24) is 0 Å². The third kappa shape index (κ3) is 2.95. The van der Waals surface area contributed by atoms with E-state index in [2.05, 4.69) is 5.32 Å². The van der Waals surface area contributed by atoms with Gasteiger partial charge >= 0.3 is 0 Å². The van der Waals surface area contributed by atoms with Crippen LogP contribution in [-0.4, -0.2) is 12.4 Å². The molecule has 0 radical (unpaired) electrons. The van der Waals surface area contributed by atoms with Crippen molar-refractivity contribution in [3.05, 3.63) is 54.0 Å². The first-order valence-electron chi connectivity index (χ1n) is 5.48. The number of anilines is 1. The molecule has 1 aromatic carbocycles. The van der Waals surface area contributed by atoms with Crippen LogP contribution in [0.4, 0.5) is 5.69 Å². The summed E-state index contributed by atoms with van der Waals surface area (Å²) in [4.78, 5) is 0. The summed E-state index contributed by atoms with van der Waals surface area (Å²) in [6.45, 7) is 0.648. The molecule has 4 nitrogen and oxygen atoms in total. The summed E-state index contributed by atoms with van der Waals surface area (Å²) in [6.07, 6.45) is 2.42. The van der Waals surface area contributed by atoms with Gasteiger partial charge in [0.05, 0.1) is 6.26 Å². The van der Waals surface area contributed by atoms with Gasteiger partial charge < -0.3 is 15.5 Å². The maximum absolute atomic E-state index is 7.79. The average Bonchev–Trinajstić information content (AvgIpc) is 2.86. The number of nitrogens with two attached hydrogens (primary N) is 1. The summed E-state index contributed by atoms with van der Waals surface area (Å²) >= 11 is 0. The molecule has 0 bridgehead atoms. The van der Waals surface area contributed by atoms with Crippen molar-refractivity contribution in [1.29, 1.82) is 5.41 Å². The molecule has 1 heterocycles. The number of hydrogen-bond donors (Lipinski definition) is 3. The van der Waals surface area contributed by atoms with Gasteiger partial charge in [0, 0.05) is 5.69 Å². The highest BCUT2D eigenvalue weighted by Gasteiger charge is 2.03. The predicted octanol–water partition coefficient (Wildman–Crippen LogP) is 2.22. The molecule has 0 aliphatic rings. The van der Waals surface area contributed by atoms with Crippen molar-refractivity contribution in [2.24, 2.45) is 5.73 Å². The molecule has 2 aromatic rings. The standard InChI is InChI=1S/C13H15N3O/c14-8-7-10-3-5-11(6-4-10)16-13(15)12-2-1-9-17-12/h1-6,9H,7-8,14H2,(H2,15,16). The fourth-order valence-corrected chi connectivity index (χ4v) is 1.55. The Hall–Kier alpha value is -2.07. The van der Waals surface area contributed by atoms with E-state index < -0.39 is 0 Å². The maximum Gasteiger partial charge on any atom is 0.168 e. The Morgan fingerprint density at radius 3 is 2.59 bits per heavy atom. The molecular weight excluding hydrogens is 214 g/mol. The van der Waals surface area contributed by atoms with Gasteiger partial charge in [-0.2, -0.15) is 0 Å². The van der Waals surface area contributed by atoms with E-state index in [-0.39, 0.29) is 5.84 Å². The van der Waals surface area contributed by atoms with Gasteiger partial charge in [0.15, 0.2) is 11.6 Å². The van der Waals surface area contributed by atoms with Crippen LogP contribution in [0.3, 0.4) is 0 Å². The molecular formula is C13H15N3O. The molecule has 0 saturated carbocycles. The first-order valence-corrected chi connectivity index (χ1v) is 5.48. The second-order valence-corrected chi connectivity index (χ2v) is 3.71. The summed E-state index contributed by atoms with van der Waals surface area (Å²) in [5.41, 5.74) is 7.55. The van der Waals surface area contributed by atoms with Crippen LogP contribution in [0.15, 0.2) is 47.1 Å². The maximum atomic E-state index is 7.79. The van der Waals surface area contributed by atoms with E-state index in [1.54, 1.807) is 18.4 Å². The summed E-state index contributed by atoms with van der Waals surface area (Å²) in [7, 11) is 0. The molecule has 0 aliphatic heterocycles. The quantitative estimate of drug-likeness (QED) is 0.556. The topological polar surface area (TPSA) is 75.0 Å². The van der Waals surface area contributed by atoms with Crippen molar-refractivity contribution < 1.29 is 4.42 Å². The molecule has 4 heteroatoms. The van der Waals surface area contributed by atoms with Crippen LogP contribution < -0.4 is 11.1 Å². The Kier molecular flexibility index (Phi) is 3.57. The zero-order chi connectivity index (χ0) is 12.1. The third-order valence-corrected chi connectivity index (χ3v) is 2.42. The Morgan fingerprint density at radius 1 is 1.24 bits per heavy atom. The third-order valence-electron chi connectivity index (χ3n) is 2.42. The normalized spacial score (nSPS) is 10.2. The Labute approximate surface area is 100.0 Å². The van der Waals surface area contributed by atoms with E-state index in [1.165, 1.54) is 5.56 Å². The first-order chi connectivity index (χ1) is 8.29. The minimum Gasteiger partial charge on any atom is -0.461 e. The number of hydrogen-bond acceptors (Lipinski definition) is 3. The largest absolute Gasteiger partial charge is 0.461 e. The van der Waals surface area contributed by atoms with Crippen LogP contribution in [0, 0.1) is 5.41 Å². The molecule has 2 rings (SSSR count). The van der Waals surface area contributed by atoms with Crippen molar-refractivity contribution in [3.8, 4) is 0 Å². The molecule has 0 aliphatic carbocycles. The monoisotopic (exact) mass is 229 g/mol. The molecule has 88 valence electrons. The van der Waals surface area contributed by atoms with Gasteiger partial charge in [-0.25, -0.2) is 0 Å². The lowest BCUT2D eigenvalue weighted by Crippen LogP contribution is -2.11. The average molecular weight is 229 g/mol. The zero-order valence-electron chi connectivity index (χ0n) is 9.44. The molecule has 0 spiro atoms. The number of rotatable bonds is 4. The Bertz CT molecular complexity index is 474. The lowest BCUT2D eigenvalue weighted by molar-refractivity contribution is 0.557. The van der Waals surface area contributed by atoms with Gasteiger partial charge in [0.25, 0.3) is 0 Å². The first kappa shape index (κ1) is 11.4. The van der Waals surface area contributed by atoms with E-state index in [4.69, 9.17) is 15.6 Å². The molecule has 0 fully saturated rings. The van der Waals surface area contributed by atoms with Crippen LogP contribution in [0.1, 0.15) is 11.3 Å². The van der Waals surface area contributed by atoms with Gasteiger partial charge in [-0.05, 0) is 42.8 Å². The smallest absolute Gasteiger partial charge is 0.168 e. The summed E-state index contributed by atoms with van der Waals surface area (Å²) in [6, 6.07) is 11.4. The Balaban J connectivity index is 2.01. The molecule has 4 N–H and O–H groups in total. The minimum atomic E-state index is 0.251. The van der Waals surface area contributed by atoms with Crippen molar-refractivity contribution in [2.45, 2.75) is 6.42 Å². The van der Waals surface area contributed by atoms with E-state index in [9.17, 15) is 0 Å². The molecule has 0 amide bonds. The van der Waals surface area contributed by atoms with E-state index in [0.29, 0.717) is 12.3 Å². The highest BCUT2D eigenvalue weighted by molar-refractivity contribution is 6.04. The zero-order valence-corrected chi connectivity index (χ0v) is 9.44. The lowest BCUT2D eigenvalue weighted by atomic mass is 10.1. The van der Waals surface area contributed by atoms with Crippen molar-refractivity contribution in [2.75, 3.05) is 11.9 Å². The van der Waals surface area contributed by atoms with Gasteiger partial charge in [-0.15, -0.1) is 0 Å². The molecule has 1 aromatic heterocycles. The molecule has 0 unspecified atom stereocenters. The second kappa shape index (κ2) is 5.32. The van der Waals surface area contributed by atoms with Crippen molar-refractivity contribution in [3.63, 3.8) is 0 Å². The van der Waals surface area contributed by atoms with Crippen LogP contribution in [-0.2, 0) is 6.42 Å². The summed E-state index contributed by atoms with van der Waals surface area (Å²) in [5, 5.41) is 10.8. The minimum absolute atomic E-state index is 0.251. The van der Waals surface area contributed by atoms with Crippen LogP contribution in [0.5, 0.6) is 0 Å². The SMILES string of the molecule is N=C(Nc1ccc(CCN)cc1)c1ccco1.